The third-order valence-electron chi connectivity index (χ3n) is 3.99. The molecule has 1 amide bonds. The van der Waals surface area contributed by atoms with Crippen molar-refractivity contribution in [3.05, 3.63) is 64.6 Å². The highest BCUT2D eigenvalue weighted by molar-refractivity contribution is 9.10. The number of carbonyl (C=O) groups excluding carboxylic acids is 1. The Kier molecular flexibility index (Phi) is 4.78. The lowest BCUT2D eigenvalue weighted by Gasteiger charge is -2.17. The Bertz CT molecular complexity index is 627. The van der Waals surface area contributed by atoms with Crippen LogP contribution in [0.1, 0.15) is 17.9 Å². The van der Waals surface area contributed by atoms with Gasteiger partial charge in [0, 0.05) is 23.5 Å². The summed E-state index contributed by atoms with van der Waals surface area (Å²) in [6, 6.07) is 17.9. The topological polar surface area (TPSA) is 29.5 Å². The van der Waals surface area contributed by atoms with Gasteiger partial charge in [0.05, 0.1) is 0 Å². The normalized spacial score (nSPS) is 17.5. The first-order valence-corrected chi connectivity index (χ1v) is 8.23. The quantitative estimate of drug-likeness (QED) is 0.829. The number of rotatable bonds is 4. The van der Waals surface area contributed by atoms with Crippen molar-refractivity contribution in [3.63, 3.8) is 0 Å². The number of hydrogen-bond acceptors (Lipinski definition) is 2. The molecule has 1 heterocycles. The fourth-order valence-corrected chi connectivity index (χ4v) is 3.02. The number of amides is 1. The average Bonchev–Trinajstić information content (AvgIpc) is 3.05. The maximum absolute atomic E-state index is 12.3. The molecule has 1 fully saturated rings. The Balaban J connectivity index is 1.52. The summed E-state index contributed by atoms with van der Waals surface area (Å²) in [5.74, 6) is 1.22. The van der Waals surface area contributed by atoms with E-state index in [9.17, 15) is 4.79 Å². The van der Waals surface area contributed by atoms with Crippen LogP contribution in [-0.4, -0.2) is 30.5 Å². The highest BCUT2D eigenvalue weighted by Gasteiger charge is 2.27. The van der Waals surface area contributed by atoms with Crippen LogP contribution < -0.4 is 4.74 Å². The number of halogens is 1. The minimum Gasteiger partial charge on any atom is -0.484 e. The zero-order chi connectivity index (χ0) is 15.4. The first-order chi connectivity index (χ1) is 10.7. The number of nitrogens with zero attached hydrogens (tertiary/aromatic N) is 1. The van der Waals surface area contributed by atoms with Crippen molar-refractivity contribution in [1.82, 2.24) is 4.90 Å². The van der Waals surface area contributed by atoms with Gasteiger partial charge < -0.3 is 9.64 Å². The number of likely N-dealkylation sites (tertiary alicyclic amines) is 1. The second-order valence-corrected chi connectivity index (χ2v) is 6.39. The molecular formula is C18H18BrNO2. The Morgan fingerprint density at radius 1 is 1.14 bits per heavy atom. The molecule has 0 aromatic heterocycles. The third kappa shape index (κ3) is 3.69. The van der Waals surface area contributed by atoms with Gasteiger partial charge in [-0.05, 0) is 36.2 Å². The maximum atomic E-state index is 12.3. The van der Waals surface area contributed by atoms with E-state index in [4.69, 9.17) is 4.74 Å². The van der Waals surface area contributed by atoms with Gasteiger partial charge in [0.25, 0.3) is 5.91 Å². The lowest BCUT2D eigenvalue weighted by Crippen LogP contribution is -2.32. The SMILES string of the molecule is O=C(COc1ccc(Br)cc1)N1CC[C@H](c2ccccc2)C1. The Morgan fingerprint density at radius 3 is 2.59 bits per heavy atom. The van der Waals surface area contributed by atoms with Crippen LogP contribution in [0.4, 0.5) is 0 Å². The predicted molar refractivity (Wildman–Crippen MR) is 90.0 cm³/mol. The van der Waals surface area contributed by atoms with Crippen LogP contribution in [0.5, 0.6) is 5.75 Å². The summed E-state index contributed by atoms with van der Waals surface area (Å²) in [6.45, 7) is 1.69. The van der Waals surface area contributed by atoms with Crippen molar-refractivity contribution in [1.29, 1.82) is 0 Å². The highest BCUT2D eigenvalue weighted by Crippen LogP contribution is 2.27. The molecule has 1 atom stereocenters. The first-order valence-electron chi connectivity index (χ1n) is 7.43. The van der Waals surface area contributed by atoms with E-state index in [1.807, 2.05) is 35.2 Å². The lowest BCUT2D eigenvalue weighted by atomic mass is 9.99. The van der Waals surface area contributed by atoms with Crippen molar-refractivity contribution < 1.29 is 9.53 Å². The second-order valence-electron chi connectivity index (χ2n) is 5.48. The van der Waals surface area contributed by atoms with Gasteiger partial charge in [0.15, 0.2) is 6.61 Å². The summed E-state index contributed by atoms with van der Waals surface area (Å²) in [5.41, 5.74) is 1.31. The molecule has 3 rings (SSSR count). The Morgan fingerprint density at radius 2 is 1.86 bits per heavy atom. The monoisotopic (exact) mass is 359 g/mol. The third-order valence-corrected chi connectivity index (χ3v) is 4.52. The van der Waals surface area contributed by atoms with Crippen LogP contribution in [0.15, 0.2) is 59.1 Å². The number of carbonyl (C=O) groups is 1. The zero-order valence-electron chi connectivity index (χ0n) is 12.2. The van der Waals surface area contributed by atoms with Gasteiger partial charge in [0.1, 0.15) is 5.75 Å². The van der Waals surface area contributed by atoms with E-state index in [0.717, 1.165) is 29.7 Å². The van der Waals surface area contributed by atoms with Gasteiger partial charge in [0.2, 0.25) is 0 Å². The van der Waals surface area contributed by atoms with Crippen LogP contribution >= 0.6 is 15.9 Å². The van der Waals surface area contributed by atoms with Crippen LogP contribution in [0.25, 0.3) is 0 Å². The van der Waals surface area contributed by atoms with E-state index >= 15 is 0 Å². The van der Waals surface area contributed by atoms with Crippen LogP contribution in [-0.2, 0) is 4.79 Å². The molecule has 3 nitrogen and oxygen atoms in total. The van der Waals surface area contributed by atoms with Gasteiger partial charge >= 0.3 is 0 Å². The molecule has 22 heavy (non-hydrogen) atoms. The molecule has 0 N–H and O–H groups in total. The van der Waals surface area contributed by atoms with Crippen molar-refractivity contribution in [2.75, 3.05) is 19.7 Å². The molecule has 114 valence electrons. The van der Waals surface area contributed by atoms with E-state index in [2.05, 4.69) is 40.2 Å². The summed E-state index contributed by atoms with van der Waals surface area (Å²) >= 11 is 3.38. The highest BCUT2D eigenvalue weighted by atomic mass is 79.9. The molecule has 0 unspecified atom stereocenters. The largest absolute Gasteiger partial charge is 0.484 e. The van der Waals surface area contributed by atoms with Crippen molar-refractivity contribution in [2.24, 2.45) is 0 Å². The van der Waals surface area contributed by atoms with E-state index in [0.29, 0.717) is 5.92 Å². The minimum absolute atomic E-state index is 0.0568. The van der Waals surface area contributed by atoms with Gasteiger partial charge in [-0.2, -0.15) is 0 Å². The van der Waals surface area contributed by atoms with Crippen LogP contribution in [0.2, 0.25) is 0 Å². The number of benzene rings is 2. The molecule has 2 aromatic carbocycles. The summed E-state index contributed by atoms with van der Waals surface area (Å²) in [6.07, 6.45) is 1.02. The van der Waals surface area contributed by atoms with E-state index in [-0.39, 0.29) is 12.5 Å². The molecule has 1 aliphatic heterocycles. The van der Waals surface area contributed by atoms with Gasteiger partial charge in [-0.15, -0.1) is 0 Å². The molecule has 0 saturated carbocycles. The summed E-state index contributed by atoms with van der Waals surface area (Å²) in [5, 5.41) is 0. The Hall–Kier alpha value is -1.81. The van der Waals surface area contributed by atoms with Gasteiger partial charge in [-0.1, -0.05) is 46.3 Å². The van der Waals surface area contributed by atoms with Gasteiger partial charge in [-0.3, -0.25) is 4.79 Å². The van der Waals surface area contributed by atoms with E-state index < -0.39 is 0 Å². The zero-order valence-corrected chi connectivity index (χ0v) is 13.8. The number of hydrogen-bond donors (Lipinski definition) is 0. The number of ether oxygens (including phenoxy) is 1. The predicted octanol–water partition coefficient (Wildman–Crippen LogP) is 3.84. The average molecular weight is 360 g/mol. The van der Waals surface area contributed by atoms with Crippen LogP contribution in [0, 0.1) is 0 Å². The van der Waals surface area contributed by atoms with Crippen molar-refractivity contribution >= 4 is 21.8 Å². The van der Waals surface area contributed by atoms with Crippen molar-refractivity contribution in [2.45, 2.75) is 12.3 Å². The van der Waals surface area contributed by atoms with E-state index in [1.54, 1.807) is 0 Å². The Labute approximate surface area is 139 Å². The second kappa shape index (κ2) is 6.97. The molecular weight excluding hydrogens is 342 g/mol. The fourth-order valence-electron chi connectivity index (χ4n) is 2.75. The first kappa shape index (κ1) is 15.1. The minimum atomic E-state index is 0.0568. The summed E-state index contributed by atoms with van der Waals surface area (Å²) in [4.78, 5) is 14.2. The standard InChI is InChI=1S/C18H18BrNO2/c19-16-6-8-17(9-7-16)22-13-18(21)20-11-10-15(12-20)14-4-2-1-3-5-14/h1-9,15H,10-13H2/t15-/m0/s1. The molecule has 0 bridgehead atoms. The molecule has 0 radical (unpaired) electrons. The fraction of sp³-hybridized carbons (Fsp3) is 0.278. The molecule has 1 aliphatic rings. The van der Waals surface area contributed by atoms with Crippen molar-refractivity contribution in [3.8, 4) is 5.75 Å². The van der Waals surface area contributed by atoms with Crippen LogP contribution in [0.3, 0.4) is 0 Å². The summed E-state index contributed by atoms with van der Waals surface area (Å²) < 4.78 is 6.56. The van der Waals surface area contributed by atoms with E-state index in [1.165, 1.54) is 5.56 Å². The van der Waals surface area contributed by atoms with Gasteiger partial charge in [-0.25, -0.2) is 0 Å². The molecule has 1 saturated heterocycles. The molecule has 0 spiro atoms. The molecule has 4 heteroatoms. The summed E-state index contributed by atoms with van der Waals surface area (Å²) in [7, 11) is 0. The molecule has 0 aliphatic carbocycles. The maximum Gasteiger partial charge on any atom is 0.260 e. The molecule has 2 aromatic rings. The lowest BCUT2D eigenvalue weighted by molar-refractivity contribution is -0.132. The smallest absolute Gasteiger partial charge is 0.260 e.